The number of hydrogen-bond acceptors (Lipinski definition) is 5. The fourth-order valence-corrected chi connectivity index (χ4v) is 4.15. The third-order valence-corrected chi connectivity index (χ3v) is 5.52. The monoisotopic (exact) mass is 364 g/mol. The summed E-state index contributed by atoms with van der Waals surface area (Å²) in [6.07, 6.45) is 2.60. The molecule has 3 aromatic rings. The first-order valence-electron chi connectivity index (χ1n) is 8.65. The number of thiazole rings is 1. The summed E-state index contributed by atoms with van der Waals surface area (Å²) in [4.78, 5) is 25.1. The van der Waals surface area contributed by atoms with E-state index in [9.17, 15) is 4.79 Å². The van der Waals surface area contributed by atoms with Gasteiger partial charge >= 0.3 is 0 Å². The number of aryl methyl sites for hydroxylation is 2. The molecule has 6 heteroatoms. The number of nitrogens with zero attached hydrogens (tertiary/aromatic N) is 3. The number of rotatable bonds is 4. The van der Waals surface area contributed by atoms with Crippen LogP contribution in [-0.2, 0) is 13.0 Å². The van der Waals surface area contributed by atoms with Crippen LogP contribution in [0, 0.1) is 13.8 Å². The van der Waals surface area contributed by atoms with E-state index in [1.165, 1.54) is 10.4 Å². The van der Waals surface area contributed by atoms with Crippen molar-refractivity contribution >= 4 is 28.7 Å². The van der Waals surface area contributed by atoms with Gasteiger partial charge in [0.25, 0.3) is 5.91 Å². The van der Waals surface area contributed by atoms with Gasteiger partial charge in [-0.2, -0.15) is 0 Å². The minimum absolute atomic E-state index is 0.0169. The van der Waals surface area contributed by atoms with E-state index in [0.717, 1.165) is 22.8 Å². The molecule has 0 saturated carbocycles. The number of benzene rings is 1. The Morgan fingerprint density at radius 3 is 2.88 bits per heavy atom. The van der Waals surface area contributed by atoms with Gasteiger partial charge in [0, 0.05) is 23.3 Å². The van der Waals surface area contributed by atoms with Crippen LogP contribution in [0.25, 0.3) is 0 Å². The van der Waals surface area contributed by atoms with Gasteiger partial charge in [0.15, 0.2) is 0 Å². The van der Waals surface area contributed by atoms with Crippen molar-refractivity contribution in [3.8, 4) is 0 Å². The van der Waals surface area contributed by atoms with Crippen molar-refractivity contribution in [2.24, 2.45) is 0 Å². The summed E-state index contributed by atoms with van der Waals surface area (Å²) in [5.74, 6) is 0.587. The lowest BCUT2D eigenvalue weighted by molar-refractivity contribution is 0.0990. The van der Waals surface area contributed by atoms with Gasteiger partial charge in [-0.25, -0.2) is 9.97 Å². The molecule has 1 aromatic carbocycles. The molecule has 0 bridgehead atoms. The molecular formula is C20H20N4OS. The fraction of sp³-hybridized carbons (Fsp3) is 0.250. The van der Waals surface area contributed by atoms with E-state index in [1.54, 1.807) is 23.6 Å². The van der Waals surface area contributed by atoms with Crippen LogP contribution in [0.5, 0.6) is 0 Å². The van der Waals surface area contributed by atoms with Gasteiger partial charge in [0.1, 0.15) is 5.82 Å². The molecular weight excluding hydrogens is 344 g/mol. The number of aromatic nitrogens is 2. The number of anilines is 2. The molecule has 1 aliphatic heterocycles. The number of pyridine rings is 1. The molecule has 0 radical (unpaired) electrons. The molecule has 0 saturated heterocycles. The summed E-state index contributed by atoms with van der Waals surface area (Å²) in [5, 5.41) is 4.34. The van der Waals surface area contributed by atoms with Crippen molar-refractivity contribution in [2.45, 2.75) is 26.8 Å². The summed E-state index contributed by atoms with van der Waals surface area (Å²) in [5.41, 5.74) is 3.81. The van der Waals surface area contributed by atoms with Gasteiger partial charge in [0.05, 0.1) is 22.8 Å². The van der Waals surface area contributed by atoms with Crippen molar-refractivity contribution in [3.05, 3.63) is 69.3 Å². The summed E-state index contributed by atoms with van der Waals surface area (Å²) >= 11 is 1.68. The Bertz CT molecular complexity index is 966. The summed E-state index contributed by atoms with van der Waals surface area (Å²) in [6.45, 7) is 5.33. The van der Waals surface area contributed by atoms with Crippen molar-refractivity contribution in [1.29, 1.82) is 0 Å². The third-order valence-electron chi connectivity index (χ3n) is 4.59. The maximum absolute atomic E-state index is 13.1. The van der Waals surface area contributed by atoms with E-state index in [2.05, 4.69) is 28.3 Å². The second-order valence-electron chi connectivity index (χ2n) is 6.32. The molecule has 1 aliphatic rings. The predicted octanol–water partition coefficient (Wildman–Crippen LogP) is 3.97. The van der Waals surface area contributed by atoms with Crippen LogP contribution in [-0.4, -0.2) is 22.4 Å². The lowest BCUT2D eigenvalue weighted by Gasteiger charge is -2.19. The van der Waals surface area contributed by atoms with E-state index in [0.29, 0.717) is 24.5 Å². The van der Waals surface area contributed by atoms with Crippen LogP contribution in [0.4, 0.5) is 11.5 Å². The highest BCUT2D eigenvalue weighted by Crippen LogP contribution is 2.30. The molecule has 0 spiro atoms. The van der Waals surface area contributed by atoms with Crippen LogP contribution < -0.4 is 10.2 Å². The van der Waals surface area contributed by atoms with Gasteiger partial charge in [0.2, 0.25) is 0 Å². The smallest absolute Gasteiger partial charge is 0.262 e. The Hall–Kier alpha value is -2.73. The molecule has 0 atom stereocenters. The van der Waals surface area contributed by atoms with Crippen LogP contribution >= 0.6 is 11.3 Å². The molecule has 26 heavy (non-hydrogen) atoms. The molecule has 132 valence electrons. The van der Waals surface area contributed by atoms with Gasteiger partial charge in [-0.3, -0.25) is 4.79 Å². The minimum atomic E-state index is -0.0169. The van der Waals surface area contributed by atoms with Crippen LogP contribution in [0.3, 0.4) is 0 Å². The first-order valence-corrected chi connectivity index (χ1v) is 9.46. The lowest BCUT2D eigenvalue weighted by Crippen LogP contribution is -2.29. The molecule has 1 amide bonds. The number of hydrogen-bond donors (Lipinski definition) is 1. The highest BCUT2D eigenvalue weighted by Gasteiger charge is 2.27. The highest BCUT2D eigenvalue weighted by molar-refractivity contribution is 7.11. The number of para-hydroxylation sites is 1. The lowest BCUT2D eigenvalue weighted by atomic mass is 10.1. The first-order chi connectivity index (χ1) is 12.6. The number of amides is 1. The molecule has 0 fully saturated rings. The molecule has 5 nitrogen and oxygen atoms in total. The Morgan fingerprint density at radius 2 is 2.08 bits per heavy atom. The molecule has 4 rings (SSSR count). The largest absolute Gasteiger partial charge is 0.364 e. The van der Waals surface area contributed by atoms with E-state index in [1.807, 2.05) is 36.1 Å². The SMILES string of the molecule is Cc1nc(CNc2ncccc2C(=O)N2CCc3ccccc32)c(C)s1. The van der Waals surface area contributed by atoms with Crippen LogP contribution in [0.1, 0.15) is 31.5 Å². The van der Waals surface area contributed by atoms with Gasteiger partial charge in [-0.15, -0.1) is 11.3 Å². The third kappa shape index (κ3) is 3.08. The average Bonchev–Trinajstić information content (AvgIpc) is 3.22. The zero-order valence-electron chi connectivity index (χ0n) is 14.8. The van der Waals surface area contributed by atoms with Crippen LogP contribution in [0.15, 0.2) is 42.6 Å². The number of nitrogens with one attached hydrogen (secondary N) is 1. The van der Waals surface area contributed by atoms with E-state index in [4.69, 9.17) is 0 Å². The Labute approximate surface area is 156 Å². The quantitative estimate of drug-likeness (QED) is 0.761. The van der Waals surface area contributed by atoms with Gasteiger partial charge in [-0.05, 0) is 44.0 Å². The molecule has 3 heterocycles. The normalized spacial score (nSPS) is 12.9. The minimum Gasteiger partial charge on any atom is -0.364 e. The number of carbonyl (C=O) groups is 1. The van der Waals surface area contributed by atoms with E-state index >= 15 is 0 Å². The summed E-state index contributed by atoms with van der Waals surface area (Å²) in [6, 6.07) is 11.7. The maximum Gasteiger partial charge on any atom is 0.262 e. The van der Waals surface area contributed by atoms with E-state index in [-0.39, 0.29) is 5.91 Å². The van der Waals surface area contributed by atoms with Crippen molar-refractivity contribution in [2.75, 3.05) is 16.8 Å². The Kier molecular flexibility index (Phi) is 4.42. The highest BCUT2D eigenvalue weighted by atomic mass is 32.1. The van der Waals surface area contributed by atoms with Crippen molar-refractivity contribution in [3.63, 3.8) is 0 Å². The Balaban J connectivity index is 1.58. The van der Waals surface area contributed by atoms with Crippen LogP contribution in [0.2, 0.25) is 0 Å². The van der Waals surface area contributed by atoms with Crippen molar-refractivity contribution in [1.82, 2.24) is 9.97 Å². The zero-order valence-corrected chi connectivity index (χ0v) is 15.6. The second kappa shape index (κ2) is 6.88. The molecule has 0 unspecified atom stereocenters. The molecule has 1 N–H and O–H groups in total. The second-order valence-corrected chi connectivity index (χ2v) is 7.73. The summed E-state index contributed by atoms with van der Waals surface area (Å²) in [7, 11) is 0. The average molecular weight is 364 g/mol. The predicted molar refractivity (Wildman–Crippen MR) is 105 cm³/mol. The van der Waals surface area contributed by atoms with Gasteiger partial charge in [-0.1, -0.05) is 18.2 Å². The number of fused-ring (bicyclic) bond motifs is 1. The zero-order chi connectivity index (χ0) is 18.1. The molecule has 0 aliphatic carbocycles. The maximum atomic E-state index is 13.1. The van der Waals surface area contributed by atoms with Crippen molar-refractivity contribution < 1.29 is 4.79 Å². The fourth-order valence-electron chi connectivity index (χ4n) is 3.32. The summed E-state index contributed by atoms with van der Waals surface area (Å²) < 4.78 is 0. The van der Waals surface area contributed by atoms with Gasteiger partial charge < -0.3 is 10.2 Å². The number of carbonyl (C=O) groups excluding carboxylic acids is 1. The standard InChI is InChI=1S/C20H20N4OS/c1-13-17(23-14(2)26-13)12-22-19-16(7-5-10-21-19)20(25)24-11-9-15-6-3-4-8-18(15)24/h3-8,10H,9,11-12H2,1-2H3,(H,21,22). The first kappa shape index (κ1) is 16.7. The Morgan fingerprint density at radius 1 is 1.23 bits per heavy atom. The molecule has 2 aromatic heterocycles. The van der Waals surface area contributed by atoms with E-state index < -0.39 is 0 Å². The topological polar surface area (TPSA) is 58.1 Å².